The first-order valence-corrected chi connectivity index (χ1v) is 25.9. The first-order chi connectivity index (χ1) is 33.1. The average molecular weight is 987 g/mol. The van der Waals surface area contributed by atoms with Crippen molar-refractivity contribution in [3.63, 3.8) is 0 Å². The molecule has 0 spiro atoms. The second kappa shape index (κ2) is 24.9. The number of aromatic nitrogens is 4. The van der Waals surface area contributed by atoms with Gasteiger partial charge in [-0.2, -0.15) is 9.97 Å². The van der Waals surface area contributed by atoms with Gasteiger partial charge in [0.1, 0.15) is 42.8 Å². The predicted molar refractivity (Wildman–Crippen MR) is 266 cm³/mol. The van der Waals surface area contributed by atoms with Gasteiger partial charge < -0.3 is 40.3 Å². The zero-order valence-corrected chi connectivity index (χ0v) is 40.6. The van der Waals surface area contributed by atoms with Crippen molar-refractivity contribution >= 4 is 60.7 Å². The smallest absolute Gasteiger partial charge is 0.324 e. The molecule has 370 valence electrons. The van der Waals surface area contributed by atoms with E-state index in [4.69, 9.17) is 30.4 Å². The van der Waals surface area contributed by atoms with E-state index in [1.807, 2.05) is 91.0 Å². The zero-order valence-electron chi connectivity index (χ0n) is 38.9. The maximum atomic E-state index is 15.1. The minimum absolute atomic E-state index is 0. The number of nitrogens with zero attached hydrogens (tertiary/aromatic N) is 4. The van der Waals surface area contributed by atoms with E-state index in [0.717, 1.165) is 87.3 Å². The van der Waals surface area contributed by atoms with Crippen LogP contribution in [-0.4, -0.2) is 92.9 Å². The fraction of sp³-hybridized carbons (Fsp3) is 0.480. The number of carbonyl (C=O) groups is 3. The summed E-state index contributed by atoms with van der Waals surface area (Å²) in [4.78, 5) is 52.2. The lowest BCUT2D eigenvalue weighted by Gasteiger charge is -2.32. The Hall–Kier alpha value is -5.42. The molecule has 2 heterocycles. The highest BCUT2D eigenvalue weighted by molar-refractivity contribution is 7.59. The number of imidazole rings is 1. The van der Waals surface area contributed by atoms with Crippen LogP contribution in [0.1, 0.15) is 87.3 Å². The maximum absolute atomic E-state index is 15.1. The topological polar surface area (TPSA) is 237 Å². The number of nitrogens with one attached hydrogen (secondary N) is 3. The summed E-state index contributed by atoms with van der Waals surface area (Å²) in [5.74, 6) is -0.532. The van der Waals surface area contributed by atoms with Gasteiger partial charge >= 0.3 is 17.9 Å². The van der Waals surface area contributed by atoms with Crippen LogP contribution in [0.3, 0.4) is 0 Å². The Labute approximate surface area is 409 Å². The Bertz CT molecular complexity index is 2390. The van der Waals surface area contributed by atoms with Crippen molar-refractivity contribution in [2.75, 3.05) is 24.0 Å². The Balaban J connectivity index is 0.000000350. The van der Waals surface area contributed by atoms with Gasteiger partial charge in [-0.05, 0) is 107 Å². The molecule has 0 aliphatic heterocycles. The molecule has 2 aromatic heterocycles. The second-order valence-electron chi connectivity index (χ2n) is 18.2. The highest BCUT2D eigenvalue weighted by atomic mass is 35.5. The number of hydrogen-bond donors (Lipinski definition) is 5. The van der Waals surface area contributed by atoms with Crippen molar-refractivity contribution in [3.05, 3.63) is 114 Å². The van der Waals surface area contributed by atoms with E-state index in [-0.39, 0.29) is 68.4 Å². The summed E-state index contributed by atoms with van der Waals surface area (Å²) < 4.78 is 39.9. The summed E-state index contributed by atoms with van der Waals surface area (Å²) in [6, 6.07) is 26.6. The van der Waals surface area contributed by atoms with E-state index in [9.17, 15) is 14.4 Å². The fourth-order valence-electron chi connectivity index (χ4n) is 7.84. The fourth-order valence-corrected chi connectivity index (χ4v) is 9.85. The number of hydrogen-bond acceptors (Lipinski definition) is 14. The van der Waals surface area contributed by atoms with Crippen molar-refractivity contribution in [2.45, 2.75) is 139 Å². The molecule has 4 fully saturated rings. The largest absolute Gasteiger partial charge is 0.461 e. The van der Waals surface area contributed by atoms with Crippen LogP contribution in [0.25, 0.3) is 11.2 Å². The third kappa shape index (κ3) is 15.3. The molecule has 0 bridgehead atoms. The van der Waals surface area contributed by atoms with Crippen LogP contribution in [0, 0.1) is 0 Å². The lowest BCUT2D eigenvalue weighted by atomic mass is 9.96. The number of ether oxygens (including phenoxy) is 4. The molecule has 19 heteroatoms. The Kier molecular flexibility index (Phi) is 18.6. The van der Waals surface area contributed by atoms with Gasteiger partial charge in [-0.25, -0.2) is 15.2 Å². The van der Waals surface area contributed by atoms with Crippen LogP contribution in [0.4, 0.5) is 11.8 Å². The molecule has 5 aromatic rings. The van der Waals surface area contributed by atoms with Gasteiger partial charge in [-0.15, -0.1) is 12.4 Å². The number of nitrogen functional groups attached to an aromatic ring is 1. The lowest BCUT2D eigenvalue weighted by Crippen LogP contribution is -2.48. The van der Waals surface area contributed by atoms with Crippen molar-refractivity contribution in [3.8, 4) is 0 Å². The molecule has 17 nitrogen and oxygen atoms in total. The van der Waals surface area contributed by atoms with Gasteiger partial charge in [-0.1, -0.05) is 91.0 Å². The van der Waals surface area contributed by atoms with Crippen LogP contribution in [0.5, 0.6) is 0 Å². The molecular formula is C50H65ClN9O8P. The van der Waals surface area contributed by atoms with E-state index in [0.29, 0.717) is 36.0 Å². The van der Waals surface area contributed by atoms with Crippen LogP contribution >= 0.6 is 19.9 Å². The molecule has 69 heavy (non-hydrogen) atoms. The molecule has 7 N–H and O–H groups in total. The predicted octanol–water partition coefficient (Wildman–Crippen LogP) is 6.82. The Morgan fingerprint density at radius 1 is 0.667 bits per heavy atom. The van der Waals surface area contributed by atoms with Crippen LogP contribution in [0.15, 0.2) is 97.3 Å². The summed E-state index contributed by atoms with van der Waals surface area (Å²) in [5.41, 5.74) is 15.8. The Morgan fingerprint density at radius 3 is 1.58 bits per heavy atom. The number of rotatable bonds is 23. The van der Waals surface area contributed by atoms with Gasteiger partial charge in [0.05, 0.1) is 12.9 Å². The van der Waals surface area contributed by atoms with Gasteiger partial charge in [-0.3, -0.25) is 18.9 Å². The number of nitrogens with two attached hydrogens (primary N) is 2. The highest BCUT2D eigenvalue weighted by Gasteiger charge is 2.38. The number of carbonyl (C=O) groups excluding carboxylic acids is 3. The van der Waals surface area contributed by atoms with Crippen molar-refractivity contribution in [1.82, 2.24) is 29.7 Å². The molecule has 0 radical (unpaired) electrons. The van der Waals surface area contributed by atoms with Gasteiger partial charge in [0.15, 0.2) is 17.0 Å². The summed E-state index contributed by atoms with van der Waals surface area (Å²) in [6.07, 6.45) is 12.6. The summed E-state index contributed by atoms with van der Waals surface area (Å²) in [6.45, 7) is 0.448. The molecule has 9 rings (SSSR count). The normalized spacial score (nSPS) is 17.3. The van der Waals surface area contributed by atoms with Gasteiger partial charge in [0.25, 0.3) is 0 Å². The number of esters is 3. The number of benzene rings is 3. The number of anilines is 2. The first kappa shape index (κ1) is 51.4. The summed E-state index contributed by atoms with van der Waals surface area (Å²) in [5, 5.41) is 9.60. The van der Waals surface area contributed by atoms with Crippen molar-refractivity contribution < 1.29 is 37.9 Å². The lowest BCUT2D eigenvalue weighted by molar-refractivity contribution is -0.155. The molecule has 4 aliphatic carbocycles. The summed E-state index contributed by atoms with van der Waals surface area (Å²) >= 11 is 0. The zero-order chi connectivity index (χ0) is 47.3. The highest BCUT2D eigenvalue weighted by Crippen LogP contribution is 2.39. The van der Waals surface area contributed by atoms with Crippen LogP contribution < -0.4 is 27.0 Å². The molecule has 3 atom stereocenters. The van der Waals surface area contributed by atoms with E-state index in [1.54, 1.807) is 10.9 Å². The summed E-state index contributed by atoms with van der Waals surface area (Å²) in [7, 11) is -3.86. The van der Waals surface area contributed by atoms with Gasteiger partial charge in [0.2, 0.25) is 13.4 Å². The van der Waals surface area contributed by atoms with Gasteiger partial charge in [0, 0.05) is 12.6 Å². The number of halogens is 1. The SMILES string of the molecule is Cl.N[C@@H](Cc1ccccc1)C(=O)OC1CCC1.Nc1nc(NC2CC2)c2ncn(CCOCP(=O)(N[C@@H](Cc3ccccc3)C(=O)OC3CCC3)N[C@@H](Cc3ccccc3)C(=O)OC3CCC3)c2n1. The maximum Gasteiger partial charge on any atom is 0.324 e. The second-order valence-corrected chi connectivity index (χ2v) is 20.5. The molecule has 4 aliphatic rings. The van der Waals surface area contributed by atoms with Crippen LogP contribution in [-0.2, 0) is 63.7 Å². The minimum atomic E-state index is -3.86. The molecule has 0 unspecified atom stereocenters. The average Bonchev–Trinajstić information content (AvgIpc) is 4.03. The van der Waals surface area contributed by atoms with Crippen molar-refractivity contribution in [1.29, 1.82) is 0 Å². The van der Waals surface area contributed by atoms with E-state index >= 15 is 4.57 Å². The van der Waals surface area contributed by atoms with E-state index in [2.05, 4.69) is 30.4 Å². The van der Waals surface area contributed by atoms with Crippen molar-refractivity contribution in [2.24, 2.45) is 5.73 Å². The standard InChI is InChI=1S/C37H47N8O6P.C13H17NO2.ClH/c38-37-41-33(40-27-17-18-27)32-34(42-37)45(23-39-32)19-20-49-24-52(48,43-30(21-25-9-3-1-4-10-25)35(46)50-28-13-7-14-28)44-31(22-26-11-5-2-6-12-26)36(47)51-29-15-8-16-29;14-12(9-10-5-2-1-3-6-10)13(15)16-11-7-4-8-11;/h1-6,9-12,23,27-31H,7-8,13-22,24H2,(H2,43,44,48)(H3,38,40,41,42);1-3,5-6,11-12H,4,7-9,14H2;1H/t30-,31-;12-;/m00./s1. The molecule has 0 amide bonds. The minimum Gasteiger partial charge on any atom is -0.461 e. The van der Waals surface area contributed by atoms with E-state index < -0.39 is 37.5 Å². The Morgan fingerprint density at radius 2 is 1.13 bits per heavy atom. The third-order valence-electron chi connectivity index (χ3n) is 12.6. The molecular weight excluding hydrogens is 921 g/mol. The quantitative estimate of drug-likeness (QED) is 0.0195. The van der Waals surface area contributed by atoms with Crippen LogP contribution in [0.2, 0.25) is 0 Å². The number of fused-ring (bicyclic) bond motifs is 1. The molecule has 4 saturated carbocycles. The monoisotopic (exact) mass is 985 g/mol. The first-order valence-electron chi connectivity index (χ1n) is 24.0. The molecule has 0 saturated heterocycles. The molecule has 3 aromatic carbocycles. The third-order valence-corrected chi connectivity index (χ3v) is 14.6. The van der Waals surface area contributed by atoms with E-state index in [1.165, 1.54) is 0 Å².